The molecule has 0 aliphatic rings. The number of nitrogens with zero attached hydrogens (tertiary/aromatic N) is 4. The van der Waals surface area contributed by atoms with Crippen molar-refractivity contribution in [1.82, 2.24) is 25.0 Å². The monoisotopic (exact) mass is 267 g/mol. The maximum absolute atomic E-state index is 12.2. The van der Waals surface area contributed by atoms with Crippen LogP contribution in [0.15, 0.2) is 0 Å². The predicted molar refractivity (Wildman–Crippen MR) is 75.1 cm³/mol. The van der Waals surface area contributed by atoms with E-state index in [1.807, 2.05) is 6.92 Å². The Morgan fingerprint density at radius 3 is 2.32 bits per heavy atom. The van der Waals surface area contributed by atoms with E-state index in [0.717, 1.165) is 32.6 Å². The van der Waals surface area contributed by atoms with Gasteiger partial charge in [0.1, 0.15) is 5.82 Å². The third kappa shape index (κ3) is 4.63. The highest BCUT2D eigenvalue weighted by Crippen LogP contribution is 2.02. The first-order valence-corrected chi connectivity index (χ1v) is 7.02. The molecule has 0 fully saturated rings. The molecule has 19 heavy (non-hydrogen) atoms. The average molecular weight is 267 g/mol. The van der Waals surface area contributed by atoms with E-state index in [2.05, 4.69) is 33.9 Å². The lowest BCUT2D eigenvalue weighted by molar-refractivity contribution is 0.0745. The number of amides is 1. The molecule has 0 aromatic carbocycles. The summed E-state index contributed by atoms with van der Waals surface area (Å²) in [6, 6.07) is 0. The summed E-state index contributed by atoms with van der Waals surface area (Å²) >= 11 is 0. The molecule has 1 amide bonds. The van der Waals surface area contributed by atoms with Gasteiger partial charge in [-0.05, 0) is 39.9 Å². The van der Waals surface area contributed by atoms with Gasteiger partial charge in [-0.2, -0.15) is 0 Å². The van der Waals surface area contributed by atoms with Crippen LogP contribution >= 0.6 is 0 Å². The standard InChI is InChI=1S/C13H25N5O/c1-5-17(6-2)9-8-10-18(7-3)13(19)12-14-11(4)15-16-12/h5-10H2,1-4H3,(H,14,15,16). The van der Waals surface area contributed by atoms with Gasteiger partial charge in [0.2, 0.25) is 5.82 Å². The normalized spacial score (nSPS) is 11.0. The second kappa shape index (κ2) is 7.89. The summed E-state index contributed by atoms with van der Waals surface area (Å²) in [6.45, 7) is 12.6. The van der Waals surface area contributed by atoms with Gasteiger partial charge in [-0.3, -0.25) is 9.89 Å². The summed E-state index contributed by atoms with van der Waals surface area (Å²) in [6.07, 6.45) is 0.977. The first-order chi connectivity index (χ1) is 9.12. The van der Waals surface area contributed by atoms with Crippen molar-refractivity contribution in [3.63, 3.8) is 0 Å². The first kappa shape index (κ1) is 15.6. The maximum atomic E-state index is 12.2. The second-order valence-corrected chi connectivity index (χ2v) is 4.51. The van der Waals surface area contributed by atoms with Crippen LogP contribution in [0.4, 0.5) is 0 Å². The van der Waals surface area contributed by atoms with Crippen molar-refractivity contribution in [3.05, 3.63) is 11.6 Å². The Hall–Kier alpha value is -1.43. The minimum Gasteiger partial charge on any atom is -0.336 e. The predicted octanol–water partition coefficient (Wildman–Crippen LogP) is 1.31. The Kier molecular flexibility index (Phi) is 6.49. The van der Waals surface area contributed by atoms with Crippen LogP contribution < -0.4 is 0 Å². The Morgan fingerprint density at radius 1 is 1.16 bits per heavy atom. The van der Waals surface area contributed by atoms with Crippen LogP contribution in [0.3, 0.4) is 0 Å². The van der Waals surface area contributed by atoms with Crippen LogP contribution in [0.1, 0.15) is 43.6 Å². The topological polar surface area (TPSA) is 65.1 Å². The molecule has 6 nitrogen and oxygen atoms in total. The van der Waals surface area contributed by atoms with E-state index in [1.54, 1.807) is 11.8 Å². The minimum absolute atomic E-state index is 0.0913. The summed E-state index contributed by atoms with van der Waals surface area (Å²) in [7, 11) is 0. The SMILES string of the molecule is CCN(CC)CCCN(CC)C(=O)c1n[nH]c(C)n1. The smallest absolute Gasteiger partial charge is 0.293 e. The van der Waals surface area contributed by atoms with E-state index in [0.29, 0.717) is 12.4 Å². The molecule has 0 saturated heterocycles. The largest absolute Gasteiger partial charge is 0.336 e. The number of aryl methyl sites for hydroxylation is 1. The van der Waals surface area contributed by atoms with E-state index in [9.17, 15) is 4.79 Å². The van der Waals surface area contributed by atoms with Gasteiger partial charge in [-0.15, -0.1) is 5.10 Å². The summed E-state index contributed by atoms with van der Waals surface area (Å²) in [4.78, 5) is 20.4. The number of H-pyrrole nitrogens is 1. The summed E-state index contributed by atoms with van der Waals surface area (Å²) in [5.41, 5.74) is 0. The van der Waals surface area contributed by atoms with Gasteiger partial charge < -0.3 is 9.80 Å². The zero-order chi connectivity index (χ0) is 14.3. The highest BCUT2D eigenvalue weighted by atomic mass is 16.2. The Balaban J connectivity index is 2.47. The van der Waals surface area contributed by atoms with Crippen molar-refractivity contribution in [2.75, 3.05) is 32.7 Å². The van der Waals surface area contributed by atoms with Gasteiger partial charge in [-0.25, -0.2) is 4.98 Å². The number of carbonyl (C=O) groups excluding carboxylic acids is 1. The van der Waals surface area contributed by atoms with E-state index < -0.39 is 0 Å². The highest BCUT2D eigenvalue weighted by Gasteiger charge is 2.18. The van der Waals surface area contributed by atoms with Crippen LogP contribution in [0.2, 0.25) is 0 Å². The van der Waals surface area contributed by atoms with E-state index >= 15 is 0 Å². The zero-order valence-corrected chi connectivity index (χ0v) is 12.4. The van der Waals surface area contributed by atoms with E-state index in [4.69, 9.17) is 0 Å². The van der Waals surface area contributed by atoms with Crippen molar-refractivity contribution >= 4 is 5.91 Å². The van der Waals surface area contributed by atoms with Crippen molar-refractivity contribution in [2.45, 2.75) is 34.1 Å². The Bertz CT molecular complexity index is 386. The summed E-state index contributed by atoms with van der Waals surface area (Å²) in [5, 5.41) is 6.63. The van der Waals surface area contributed by atoms with Crippen molar-refractivity contribution < 1.29 is 4.79 Å². The highest BCUT2D eigenvalue weighted by molar-refractivity contribution is 5.90. The van der Waals surface area contributed by atoms with Crippen LogP contribution in [-0.4, -0.2) is 63.6 Å². The molecule has 6 heteroatoms. The number of rotatable bonds is 8. The number of carbonyl (C=O) groups is 1. The number of hydrogen-bond acceptors (Lipinski definition) is 4. The first-order valence-electron chi connectivity index (χ1n) is 7.02. The maximum Gasteiger partial charge on any atom is 0.293 e. The Morgan fingerprint density at radius 2 is 1.84 bits per heavy atom. The lowest BCUT2D eigenvalue weighted by Gasteiger charge is -2.22. The molecule has 0 spiro atoms. The molecule has 0 aliphatic heterocycles. The minimum atomic E-state index is -0.0913. The summed E-state index contributed by atoms with van der Waals surface area (Å²) in [5.74, 6) is 0.844. The van der Waals surface area contributed by atoms with Gasteiger partial charge in [0.25, 0.3) is 5.91 Å². The molecule has 0 atom stereocenters. The number of hydrogen-bond donors (Lipinski definition) is 1. The molecule has 0 saturated carbocycles. The van der Waals surface area contributed by atoms with Crippen LogP contribution in [-0.2, 0) is 0 Å². The molecule has 0 radical (unpaired) electrons. The quantitative estimate of drug-likeness (QED) is 0.771. The van der Waals surface area contributed by atoms with E-state index in [1.165, 1.54) is 0 Å². The molecular formula is C13H25N5O. The molecule has 1 N–H and O–H groups in total. The molecule has 108 valence electrons. The number of nitrogens with one attached hydrogen (secondary N) is 1. The van der Waals surface area contributed by atoms with Crippen molar-refractivity contribution in [2.24, 2.45) is 0 Å². The lowest BCUT2D eigenvalue weighted by Crippen LogP contribution is -2.35. The molecule has 0 unspecified atom stereocenters. The third-order valence-electron chi connectivity index (χ3n) is 3.25. The summed E-state index contributed by atoms with van der Waals surface area (Å²) < 4.78 is 0. The molecule has 1 aromatic rings. The average Bonchev–Trinajstić information content (AvgIpc) is 2.85. The van der Waals surface area contributed by atoms with Crippen LogP contribution in [0.5, 0.6) is 0 Å². The lowest BCUT2D eigenvalue weighted by atomic mass is 10.3. The fraction of sp³-hybridized carbons (Fsp3) is 0.769. The molecule has 0 aliphatic carbocycles. The fourth-order valence-electron chi connectivity index (χ4n) is 2.01. The van der Waals surface area contributed by atoms with Crippen molar-refractivity contribution in [1.29, 1.82) is 0 Å². The van der Waals surface area contributed by atoms with Gasteiger partial charge in [0.15, 0.2) is 0 Å². The molecular weight excluding hydrogens is 242 g/mol. The number of aromatic amines is 1. The molecule has 1 rings (SSSR count). The van der Waals surface area contributed by atoms with Gasteiger partial charge in [0, 0.05) is 13.1 Å². The van der Waals surface area contributed by atoms with Crippen molar-refractivity contribution in [3.8, 4) is 0 Å². The Labute approximate surface area is 115 Å². The zero-order valence-electron chi connectivity index (χ0n) is 12.4. The van der Waals surface area contributed by atoms with Gasteiger partial charge >= 0.3 is 0 Å². The second-order valence-electron chi connectivity index (χ2n) is 4.51. The third-order valence-corrected chi connectivity index (χ3v) is 3.25. The molecule has 1 heterocycles. The van der Waals surface area contributed by atoms with E-state index in [-0.39, 0.29) is 11.7 Å². The van der Waals surface area contributed by atoms with Crippen LogP contribution in [0, 0.1) is 6.92 Å². The number of aromatic nitrogens is 3. The molecule has 1 aromatic heterocycles. The van der Waals surface area contributed by atoms with Gasteiger partial charge in [-0.1, -0.05) is 13.8 Å². The van der Waals surface area contributed by atoms with Gasteiger partial charge in [0.05, 0.1) is 0 Å². The fourth-order valence-corrected chi connectivity index (χ4v) is 2.01. The molecule has 0 bridgehead atoms. The van der Waals surface area contributed by atoms with Crippen LogP contribution in [0.25, 0.3) is 0 Å².